The van der Waals surface area contributed by atoms with Gasteiger partial charge in [0.1, 0.15) is 0 Å². The lowest BCUT2D eigenvalue weighted by Gasteiger charge is -2.32. The molecular weight excluding hydrogens is 132 g/mol. The molecule has 0 spiro atoms. The Morgan fingerprint density at radius 1 is 1.60 bits per heavy atom. The number of hydrogen-bond acceptors (Lipinski definition) is 3. The van der Waals surface area contributed by atoms with Crippen LogP contribution in [-0.4, -0.2) is 17.2 Å². The van der Waals surface area contributed by atoms with Crippen molar-refractivity contribution in [1.82, 2.24) is 0 Å². The molecule has 0 radical (unpaired) electrons. The minimum Gasteiger partial charge on any atom is -0.468 e. The topological polar surface area (TPSA) is 38.7 Å². The maximum atomic E-state index is 9.04. The minimum absolute atomic E-state index is 0.696. The SMILES string of the molecule is CC1=CC(O)OC(C)(C)O1. The molecule has 0 aromatic heterocycles. The van der Waals surface area contributed by atoms with Crippen LogP contribution in [0.5, 0.6) is 0 Å². The first-order valence-corrected chi connectivity index (χ1v) is 3.23. The molecule has 0 fully saturated rings. The molecular formula is C7H12O3. The first-order chi connectivity index (χ1) is 4.49. The van der Waals surface area contributed by atoms with Gasteiger partial charge in [-0.05, 0) is 6.92 Å². The number of ether oxygens (including phenoxy) is 2. The first-order valence-electron chi connectivity index (χ1n) is 3.23. The van der Waals surface area contributed by atoms with Gasteiger partial charge in [0.15, 0.2) is 6.29 Å². The van der Waals surface area contributed by atoms with Crippen LogP contribution in [0.1, 0.15) is 20.8 Å². The quantitative estimate of drug-likeness (QED) is 0.551. The van der Waals surface area contributed by atoms with Gasteiger partial charge in [-0.1, -0.05) is 0 Å². The molecule has 1 aliphatic rings. The molecule has 0 aromatic carbocycles. The molecule has 1 heterocycles. The summed E-state index contributed by atoms with van der Waals surface area (Å²) in [6, 6.07) is 0. The second-order valence-corrected chi connectivity index (χ2v) is 2.79. The zero-order chi connectivity index (χ0) is 7.78. The molecule has 0 aromatic rings. The van der Waals surface area contributed by atoms with Crippen molar-refractivity contribution in [3.63, 3.8) is 0 Å². The van der Waals surface area contributed by atoms with Crippen molar-refractivity contribution in [1.29, 1.82) is 0 Å². The van der Waals surface area contributed by atoms with Gasteiger partial charge < -0.3 is 14.6 Å². The second kappa shape index (κ2) is 2.25. The fourth-order valence-electron chi connectivity index (χ4n) is 0.971. The van der Waals surface area contributed by atoms with Crippen LogP contribution >= 0.6 is 0 Å². The summed E-state index contributed by atoms with van der Waals surface area (Å²) in [5.41, 5.74) is 0. The zero-order valence-electron chi connectivity index (χ0n) is 6.42. The molecule has 1 aliphatic heterocycles. The molecule has 1 unspecified atom stereocenters. The van der Waals surface area contributed by atoms with E-state index in [0.717, 1.165) is 0 Å². The normalized spacial score (nSPS) is 30.8. The summed E-state index contributed by atoms with van der Waals surface area (Å²) in [5, 5.41) is 9.04. The summed E-state index contributed by atoms with van der Waals surface area (Å²) >= 11 is 0. The van der Waals surface area contributed by atoms with E-state index in [1.807, 2.05) is 0 Å². The molecule has 0 amide bonds. The average Bonchev–Trinajstić information content (AvgIpc) is 1.54. The molecule has 1 N–H and O–H groups in total. The number of aliphatic hydroxyl groups is 1. The van der Waals surface area contributed by atoms with Crippen molar-refractivity contribution >= 4 is 0 Å². The van der Waals surface area contributed by atoms with Crippen LogP contribution in [0, 0.1) is 0 Å². The van der Waals surface area contributed by atoms with Crippen molar-refractivity contribution in [3.05, 3.63) is 11.8 Å². The van der Waals surface area contributed by atoms with E-state index in [1.54, 1.807) is 20.8 Å². The van der Waals surface area contributed by atoms with Gasteiger partial charge >= 0.3 is 0 Å². The van der Waals surface area contributed by atoms with Gasteiger partial charge in [-0.3, -0.25) is 0 Å². The number of hydrogen-bond donors (Lipinski definition) is 1. The van der Waals surface area contributed by atoms with Gasteiger partial charge in [0.05, 0.1) is 5.76 Å². The Balaban J connectivity index is 2.70. The summed E-state index contributed by atoms with van der Waals surface area (Å²) in [6.07, 6.45) is 0.689. The highest BCUT2D eigenvalue weighted by Crippen LogP contribution is 2.22. The Morgan fingerprint density at radius 3 is 2.60 bits per heavy atom. The fourth-order valence-corrected chi connectivity index (χ4v) is 0.971. The lowest BCUT2D eigenvalue weighted by Crippen LogP contribution is -2.35. The number of allylic oxidation sites excluding steroid dienone is 1. The van der Waals surface area contributed by atoms with Gasteiger partial charge in [-0.25, -0.2) is 0 Å². The van der Waals surface area contributed by atoms with Crippen LogP contribution in [0.25, 0.3) is 0 Å². The Kier molecular flexibility index (Phi) is 1.70. The lowest BCUT2D eigenvalue weighted by molar-refractivity contribution is -0.267. The maximum Gasteiger partial charge on any atom is 0.207 e. The average molecular weight is 144 g/mol. The van der Waals surface area contributed by atoms with Gasteiger partial charge in [0, 0.05) is 19.9 Å². The highest BCUT2D eigenvalue weighted by Gasteiger charge is 2.27. The van der Waals surface area contributed by atoms with E-state index in [-0.39, 0.29) is 0 Å². The van der Waals surface area contributed by atoms with E-state index in [1.165, 1.54) is 6.08 Å². The second-order valence-electron chi connectivity index (χ2n) is 2.79. The molecule has 10 heavy (non-hydrogen) atoms. The third kappa shape index (κ3) is 1.72. The van der Waals surface area contributed by atoms with E-state index < -0.39 is 12.1 Å². The number of rotatable bonds is 0. The Morgan fingerprint density at radius 2 is 2.20 bits per heavy atom. The van der Waals surface area contributed by atoms with E-state index >= 15 is 0 Å². The summed E-state index contributed by atoms with van der Waals surface area (Å²) in [6.45, 7) is 5.30. The third-order valence-corrected chi connectivity index (χ3v) is 1.19. The van der Waals surface area contributed by atoms with Gasteiger partial charge in [-0.15, -0.1) is 0 Å². The predicted molar refractivity (Wildman–Crippen MR) is 36.0 cm³/mol. The predicted octanol–water partition coefficient (Wildman–Crippen LogP) is 0.992. The molecule has 0 aliphatic carbocycles. The molecule has 3 nitrogen and oxygen atoms in total. The Labute approximate surface area is 60.3 Å². The summed E-state index contributed by atoms with van der Waals surface area (Å²) in [5.74, 6) is 0.00174. The van der Waals surface area contributed by atoms with Gasteiger partial charge in [-0.2, -0.15) is 0 Å². The zero-order valence-corrected chi connectivity index (χ0v) is 6.42. The van der Waals surface area contributed by atoms with Crippen LogP contribution in [0.4, 0.5) is 0 Å². The molecule has 0 bridgehead atoms. The fraction of sp³-hybridized carbons (Fsp3) is 0.714. The van der Waals surface area contributed by atoms with Crippen LogP contribution in [0.3, 0.4) is 0 Å². The molecule has 0 saturated heterocycles. The van der Waals surface area contributed by atoms with Crippen LogP contribution in [-0.2, 0) is 9.47 Å². The third-order valence-electron chi connectivity index (χ3n) is 1.19. The standard InChI is InChI=1S/C7H12O3/c1-5-4-6(8)10-7(2,3)9-5/h4,6,8H,1-3H3. The van der Waals surface area contributed by atoms with Crippen molar-refractivity contribution in [2.75, 3.05) is 0 Å². The van der Waals surface area contributed by atoms with Crippen molar-refractivity contribution < 1.29 is 14.6 Å². The highest BCUT2D eigenvalue weighted by atomic mass is 16.8. The van der Waals surface area contributed by atoms with E-state index in [9.17, 15) is 0 Å². The van der Waals surface area contributed by atoms with Crippen LogP contribution < -0.4 is 0 Å². The summed E-state index contributed by atoms with van der Waals surface area (Å²) < 4.78 is 10.2. The molecule has 1 rings (SSSR count). The van der Waals surface area contributed by atoms with Gasteiger partial charge in [0.25, 0.3) is 0 Å². The lowest BCUT2D eigenvalue weighted by atomic mass is 10.3. The smallest absolute Gasteiger partial charge is 0.207 e. The summed E-state index contributed by atoms with van der Waals surface area (Å²) in [7, 11) is 0. The molecule has 58 valence electrons. The minimum atomic E-state index is -0.830. The molecule has 1 atom stereocenters. The van der Waals surface area contributed by atoms with Crippen molar-refractivity contribution in [2.24, 2.45) is 0 Å². The molecule has 3 heteroatoms. The van der Waals surface area contributed by atoms with Crippen molar-refractivity contribution in [2.45, 2.75) is 32.8 Å². The van der Waals surface area contributed by atoms with E-state index in [4.69, 9.17) is 14.6 Å². The molecule has 0 saturated carbocycles. The Bertz CT molecular complexity index is 160. The Hall–Kier alpha value is -0.540. The monoisotopic (exact) mass is 144 g/mol. The van der Waals surface area contributed by atoms with Gasteiger partial charge in [0.2, 0.25) is 5.79 Å². The van der Waals surface area contributed by atoms with E-state index in [2.05, 4.69) is 0 Å². The highest BCUT2D eigenvalue weighted by molar-refractivity contribution is 4.95. The van der Waals surface area contributed by atoms with Crippen molar-refractivity contribution in [3.8, 4) is 0 Å². The maximum absolute atomic E-state index is 9.04. The summed E-state index contributed by atoms with van der Waals surface area (Å²) in [4.78, 5) is 0. The van der Waals surface area contributed by atoms with Crippen LogP contribution in [0.15, 0.2) is 11.8 Å². The number of aliphatic hydroxyl groups excluding tert-OH is 1. The van der Waals surface area contributed by atoms with E-state index in [0.29, 0.717) is 5.76 Å². The largest absolute Gasteiger partial charge is 0.468 e. The first kappa shape index (κ1) is 7.57. The van der Waals surface area contributed by atoms with Crippen LogP contribution in [0.2, 0.25) is 0 Å².